The smallest absolute Gasteiger partial charge is 0.274 e. The number of fused-ring (bicyclic) bond motifs is 1. The first kappa shape index (κ1) is 16.3. The summed E-state index contributed by atoms with van der Waals surface area (Å²) in [5.41, 5.74) is 4.39. The van der Waals surface area contributed by atoms with Crippen LogP contribution in [-0.2, 0) is 4.79 Å². The summed E-state index contributed by atoms with van der Waals surface area (Å²) in [7, 11) is 0. The van der Waals surface area contributed by atoms with Crippen LogP contribution in [0.2, 0.25) is 5.02 Å². The number of nitrogens with one attached hydrogen (secondary N) is 1. The predicted octanol–water partition coefficient (Wildman–Crippen LogP) is 5.17. The number of halogens is 1. The third-order valence-electron chi connectivity index (χ3n) is 4.10. The SMILES string of the molecule is O=C1Nc2ccc(Cl)cc2C(c2ccccc2)=N/C1=C/c1ccccc1. The van der Waals surface area contributed by atoms with Crippen molar-refractivity contribution in [3.63, 3.8) is 0 Å². The first-order chi connectivity index (χ1) is 12.7. The number of benzene rings is 3. The van der Waals surface area contributed by atoms with E-state index in [9.17, 15) is 4.79 Å². The van der Waals surface area contributed by atoms with Crippen molar-refractivity contribution in [1.29, 1.82) is 0 Å². The van der Waals surface area contributed by atoms with E-state index in [0.717, 1.165) is 16.7 Å². The average Bonchev–Trinajstić information content (AvgIpc) is 2.80. The first-order valence-corrected chi connectivity index (χ1v) is 8.61. The summed E-state index contributed by atoms with van der Waals surface area (Å²) in [5.74, 6) is -0.247. The van der Waals surface area contributed by atoms with Crippen molar-refractivity contribution in [1.82, 2.24) is 0 Å². The van der Waals surface area contributed by atoms with Gasteiger partial charge < -0.3 is 5.32 Å². The van der Waals surface area contributed by atoms with Crippen LogP contribution < -0.4 is 5.32 Å². The zero-order valence-corrected chi connectivity index (χ0v) is 14.6. The van der Waals surface area contributed by atoms with E-state index in [1.165, 1.54) is 0 Å². The molecule has 0 saturated carbocycles. The Morgan fingerprint density at radius 1 is 0.885 bits per heavy atom. The number of rotatable bonds is 2. The van der Waals surface area contributed by atoms with Gasteiger partial charge in [0.15, 0.2) is 0 Å². The lowest BCUT2D eigenvalue weighted by Gasteiger charge is -2.10. The highest BCUT2D eigenvalue weighted by Crippen LogP contribution is 2.28. The molecule has 1 aliphatic rings. The summed E-state index contributed by atoms with van der Waals surface area (Å²) in [6.45, 7) is 0. The Hall–Kier alpha value is -3.17. The van der Waals surface area contributed by atoms with E-state index in [-0.39, 0.29) is 5.91 Å². The molecule has 4 rings (SSSR count). The largest absolute Gasteiger partial charge is 0.320 e. The summed E-state index contributed by atoms with van der Waals surface area (Å²) in [5, 5.41) is 3.53. The number of aliphatic imine (C=N–C) groups is 1. The van der Waals surface area contributed by atoms with Gasteiger partial charge in [-0.15, -0.1) is 0 Å². The average molecular weight is 359 g/mol. The van der Waals surface area contributed by atoms with Crippen molar-refractivity contribution in [3.8, 4) is 0 Å². The Kier molecular flexibility index (Phi) is 4.38. The van der Waals surface area contributed by atoms with Crippen LogP contribution in [0.4, 0.5) is 5.69 Å². The fourth-order valence-corrected chi connectivity index (χ4v) is 3.03. The van der Waals surface area contributed by atoms with Crippen molar-refractivity contribution < 1.29 is 4.79 Å². The number of anilines is 1. The predicted molar refractivity (Wildman–Crippen MR) is 107 cm³/mol. The van der Waals surface area contributed by atoms with E-state index in [2.05, 4.69) is 5.32 Å². The van der Waals surface area contributed by atoms with Crippen molar-refractivity contribution in [2.75, 3.05) is 5.32 Å². The van der Waals surface area contributed by atoms with Crippen LogP contribution >= 0.6 is 11.6 Å². The zero-order valence-electron chi connectivity index (χ0n) is 13.8. The Labute approximate surface area is 156 Å². The zero-order chi connectivity index (χ0) is 17.9. The summed E-state index contributed by atoms with van der Waals surface area (Å²) in [4.78, 5) is 17.4. The van der Waals surface area contributed by atoms with Crippen LogP contribution in [0.15, 0.2) is 89.6 Å². The highest BCUT2D eigenvalue weighted by Gasteiger charge is 2.21. The van der Waals surface area contributed by atoms with Crippen LogP contribution in [0, 0.1) is 0 Å². The van der Waals surface area contributed by atoms with Gasteiger partial charge in [-0.05, 0) is 29.8 Å². The molecule has 0 aliphatic carbocycles. The molecular formula is C22H15ClN2O. The number of hydrogen-bond acceptors (Lipinski definition) is 2. The second-order valence-electron chi connectivity index (χ2n) is 5.91. The number of carbonyl (C=O) groups excluding carboxylic acids is 1. The molecule has 26 heavy (non-hydrogen) atoms. The minimum atomic E-state index is -0.247. The molecule has 1 heterocycles. The molecule has 4 heteroatoms. The van der Waals surface area contributed by atoms with Crippen LogP contribution in [0.3, 0.4) is 0 Å². The number of nitrogens with zero attached hydrogens (tertiary/aromatic N) is 1. The van der Waals surface area contributed by atoms with E-state index >= 15 is 0 Å². The molecule has 1 N–H and O–H groups in total. The van der Waals surface area contributed by atoms with Crippen LogP contribution in [0.1, 0.15) is 16.7 Å². The highest BCUT2D eigenvalue weighted by atomic mass is 35.5. The summed E-state index contributed by atoms with van der Waals surface area (Å²) >= 11 is 6.20. The Morgan fingerprint density at radius 2 is 1.58 bits per heavy atom. The summed E-state index contributed by atoms with van der Waals surface area (Å²) in [6, 6.07) is 24.8. The second kappa shape index (κ2) is 6.98. The van der Waals surface area contributed by atoms with E-state index in [4.69, 9.17) is 16.6 Å². The molecule has 3 nitrogen and oxygen atoms in total. The topological polar surface area (TPSA) is 41.5 Å². The fraction of sp³-hybridized carbons (Fsp3) is 0. The maximum Gasteiger partial charge on any atom is 0.274 e. The van der Waals surface area contributed by atoms with Crippen molar-refractivity contribution in [3.05, 3.63) is 106 Å². The third-order valence-corrected chi connectivity index (χ3v) is 4.34. The van der Waals surface area contributed by atoms with Gasteiger partial charge in [0.1, 0.15) is 5.70 Å². The molecule has 0 atom stereocenters. The van der Waals surface area contributed by atoms with Gasteiger partial charge in [0.05, 0.1) is 11.4 Å². The quantitative estimate of drug-likeness (QED) is 0.631. The molecule has 3 aromatic rings. The number of benzodiazepines with no additional fused rings is 1. The first-order valence-electron chi connectivity index (χ1n) is 8.23. The maximum absolute atomic E-state index is 12.7. The highest BCUT2D eigenvalue weighted by molar-refractivity contribution is 6.32. The van der Waals surface area contributed by atoms with Gasteiger partial charge in [0.25, 0.3) is 5.91 Å². The maximum atomic E-state index is 12.7. The van der Waals surface area contributed by atoms with Gasteiger partial charge >= 0.3 is 0 Å². The van der Waals surface area contributed by atoms with Gasteiger partial charge in [0.2, 0.25) is 0 Å². The van der Waals surface area contributed by atoms with Crippen molar-refractivity contribution >= 4 is 35.0 Å². The second-order valence-corrected chi connectivity index (χ2v) is 6.35. The van der Waals surface area contributed by atoms with E-state index < -0.39 is 0 Å². The van der Waals surface area contributed by atoms with Gasteiger partial charge in [0, 0.05) is 16.1 Å². The lowest BCUT2D eigenvalue weighted by Crippen LogP contribution is -2.12. The Morgan fingerprint density at radius 3 is 2.31 bits per heavy atom. The van der Waals surface area contributed by atoms with Crippen LogP contribution in [0.25, 0.3) is 6.08 Å². The standard InChI is InChI=1S/C22H15ClN2O/c23-17-11-12-19-18(14-17)21(16-9-5-2-6-10-16)24-20(22(26)25-19)13-15-7-3-1-4-8-15/h1-14H,(H,25,26)/b20-13+. The lowest BCUT2D eigenvalue weighted by atomic mass is 10.0. The molecule has 0 radical (unpaired) electrons. The normalized spacial score (nSPS) is 15.0. The minimum absolute atomic E-state index is 0.247. The molecule has 0 bridgehead atoms. The fourth-order valence-electron chi connectivity index (χ4n) is 2.86. The van der Waals surface area contributed by atoms with E-state index in [1.807, 2.05) is 66.7 Å². The number of hydrogen-bond donors (Lipinski definition) is 1. The molecule has 0 unspecified atom stereocenters. The van der Waals surface area contributed by atoms with Crippen molar-refractivity contribution in [2.45, 2.75) is 0 Å². The van der Waals surface area contributed by atoms with E-state index in [1.54, 1.807) is 18.2 Å². The van der Waals surface area contributed by atoms with Gasteiger partial charge in [-0.1, -0.05) is 72.3 Å². The molecular weight excluding hydrogens is 344 g/mol. The molecule has 0 saturated heterocycles. The van der Waals surface area contributed by atoms with Crippen LogP contribution in [0.5, 0.6) is 0 Å². The summed E-state index contributed by atoms with van der Waals surface area (Å²) in [6.07, 6.45) is 1.78. The molecule has 1 amide bonds. The molecule has 0 fully saturated rings. The van der Waals surface area contributed by atoms with E-state index in [0.29, 0.717) is 22.1 Å². The molecule has 3 aromatic carbocycles. The van der Waals surface area contributed by atoms with Crippen molar-refractivity contribution in [2.24, 2.45) is 4.99 Å². The number of carbonyl (C=O) groups is 1. The monoisotopic (exact) mass is 358 g/mol. The Bertz CT molecular complexity index is 1020. The summed E-state index contributed by atoms with van der Waals surface area (Å²) < 4.78 is 0. The minimum Gasteiger partial charge on any atom is -0.320 e. The van der Waals surface area contributed by atoms with Gasteiger partial charge in [-0.3, -0.25) is 4.79 Å². The lowest BCUT2D eigenvalue weighted by molar-refractivity contribution is -0.112. The number of amides is 1. The van der Waals surface area contributed by atoms with Gasteiger partial charge in [-0.2, -0.15) is 0 Å². The molecule has 126 valence electrons. The third kappa shape index (κ3) is 3.30. The van der Waals surface area contributed by atoms with Crippen LogP contribution in [-0.4, -0.2) is 11.6 Å². The Balaban J connectivity index is 1.93. The molecule has 0 aromatic heterocycles. The van der Waals surface area contributed by atoms with Gasteiger partial charge in [-0.25, -0.2) is 4.99 Å². The molecule has 1 aliphatic heterocycles. The molecule has 0 spiro atoms.